The van der Waals surface area contributed by atoms with Gasteiger partial charge >= 0.3 is 0 Å². The Labute approximate surface area is 496 Å². The van der Waals surface area contributed by atoms with E-state index in [1.807, 2.05) is 13.8 Å². The number of carbonyl (C=O) groups is 7. The van der Waals surface area contributed by atoms with E-state index in [0.29, 0.717) is 88.9 Å². The number of nitrogens with one attached hydrogen (secondary N) is 5. The normalized spacial score (nSPS) is 21.0. The van der Waals surface area contributed by atoms with Gasteiger partial charge in [-0.25, -0.2) is 34.9 Å². The Balaban J connectivity index is 0.947. The molecule has 83 heavy (non-hydrogen) atoms. The largest absolute Gasteiger partial charge is 0.386 e. The minimum atomic E-state index is -1.26. The third kappa shape index (κ3) is 12.2. The van der Waals surface area contributed by atoms with Crippen LogP contribution < -0.4 is 38.1 Å². The number of ether oxygens (including phenoxy) is 1. The van der Waals surface area contributed by atoms with Crippen LogP contribution in [0.3, 0.4) is 0 Å². The fourth-order valence-corrected chi connectivity index (χ4v) is 14.9. The van der Waals surface area contributed by atoms with E-state index in [-0.39, 0.29) is 46.9 Å². The molecule has 30 heteroatoms. The first-order valence-corrected chi connectivity index (χ1v) is 31.1. The Bertz CT molecular complexity index is 3800. The number of fused-ring (bicyclic) bond motifs is 14. The van der Waals surface area contributed by atoms with Crippen molar-refractivity contribution in [2.75, 3.05) is 19.7 Å². The van der Waals surface area contributed by atoms with Crippen molar-refractivity contribution in [3.63, 3.8) is 0 Å². The molecule has 7 aromatic heterocycles. The van der Waals surface area contributed by atoms with Crippen LogP contribution in [0, 0.1) is 12.8 Å². The molecule has 0 spiro atoms. The van der Waals surface area contributed by atoms with Crippen LogP contribution in [0.1, 0.15) is 126 Å². The molecule has 0 radical (unpaired) electrons. The minimum Gasteiger partial charge on any atom is -0.386 e. The zero-order valence-electron chi connectivity index (χ0n) is 44.2. The maximum Gasteiger partial charge on any atom is 0.271 e. The van der Waals surface area contributed by atoms with Crippen molar-refractivity contribution in [2.24, 2.45) is 17.4 Å². The molecular weight excluding hydrogens is 1180 g/mol. The number of aryl methyl sites for hydroxylation is 1. The van der Waals surface area contributed by atoms with Crippen molar-refractivity contribution in [2.45, 2.75) is 82.6 Å². The van der Waals surface area contributed by atoms with Crippen LogP contribution in [0.5, 0.6) is 0 Å². The number of amides is 7. The lowest BCUT2D eigenvalue weighted by atomic mass is 10.0. The second-order valence-electron chi connectivity index (χ2n) is 19.8. The first kappa shape index (κ1) is 57.2. The Morgan fingerprint density at radius 1 is 0.711 bits per heavy atom. The van der Waals surface area contributed by atoms with Crippen LogP contribution in [0.15, 0.2) is 69.4 Å². The Morgan fingerprint density at radius 2 is 1.40 bits per heavy atom. The first-order valence-electron chi connectivity index (χ1n) is 25.9. The number of benzene rings is 1. The third-order valence-corrected chi connectivity index (χ3v) is 19.3. The van der Waals surface area contributed by atoms with E-state index in [1.54, 1.807) is 70.9 Å². The highest BCUT2D eigenvalue weighted by atomic mass is 32.1. The van der Waals surface area contributed by atoms with Crippen LogP contribution in [0.2, 0.25) is 0 Å². The number of aliphatic hydroxyl groups is 1. The number of aromatic nitrogens is 7. The molecule has 3 aliphatic heterocycles. The highest BCUT2D eigenvalue weighted by Crippen LogP contribution is 2.40. The summed E-state index contributed by atoms with van der Waals surface area (Å²) in [5.41, 5.74) is 14.6. The predicted molar refractivity (Wildman–Crippen MR) is 311 cm³/mol. The second kappa shape index (κ2) is 24.3. The number of nitrogens with two attached hydrogens (primary N) is 2. The van der Waals surface area contributed by atoms with Gasteiger partial charge in [0.2, 0.25) is 23.6 Å². The second-order valence-corrected chi connectivity index (χ2v) is 25.4. The Hall–Kier alpha value is -7.68. The number of primary amides is 2. The van der Waals surface area contributed by atoms with Crippen molar-refractivity contribution in [3.05, 3.63) is 118 Å². The first-order chi connectivity index (χ1) is 40.0. The van der Waals surface area contributed by atoms with E-state index < -0.39 is 84.5 Å². The zero-order valence-corrected chi connectivity index (χ0v) is 49.1. The van der Waals surface area contributed by atoms with Crippen LogP contribution in [-0.2, 0) is 23.9 Å². The van der Waals surface area contributed by atoms with Gasteiger partial charge in [-0.1, -0.05) is 44.2 Å². The lowest BCUT2D eigenvalue weighted by Crippen LogP contribution is -2.50. The van der Waals surface area contributed by atoms with E-state index in [4.69, 9.17) is 41.1 Å². The summed E-state index contributed by atoms with van der Waals surface area (Å²) in [4.78, 5) is 129. The van der Waals surface area contributed by atoms with Crippen LogP contribution in [0.25, 0.3) is 43.4 Å². The van der Waals surface area contributed by atoms with E-state index in [2.05, 4.69) is 36.6 Å². The highest BCUT2D eigenvalue weighted by Gasteiger charge is 2.41. The van der Waals surface area contributed by atoms with Gasteiger partial charge in [0.15, 0.2) is 6.23 Å². The number of carbonyl (C=O) groups excluding carboxylic acids is 7. The number of thiazole rings is 6. The Morgan fingerprint density at radius 3 is 2.17 bits per heavy atom. The summed E-state index contributed by atoms with van der Waals surface area (Å²) in [5.74, 6) is -4.23. The predicted octanol–water partition coefficient (Wildman–Crippen LogP) is 5.37. The van der Waals surface area contributed by atoms with Crippen LogP contribution >= 0.6 is 68.0 Å². The molecule has 0 aliphatic carbocycles. The number of likely N-dealkylation sites (tertiary alicyclic amines) is 1. The fourth-order valence-electron chi connectivity index (χ4n) is 9.57. The molecule has 7 unspecified atom stereocenters. The van der Waals surface area contributed by atoms with Gasteiger partial charge < -0.3 is 47.5 Å². The summed E-state index contributed by atoms with van der Waals surface area (Å²) in [6.07, 6.45) is -1.16. The monoisotopic (exact) mass is 1230 g/mol. The molecule has 0 saturated carbocycles. The number of hydrogen-bond donors (Lipinski definition) is 8. The molecule has 428 valence electrons. The number of hydrogen-bond acceptors (Lipinski definition) is 23. The van der Waals surface area contributed by atoms with Crippen LogP contribution in [0.4, 0.5) is 0 Å². The van der Waals surface area contributed by atoms with Crippen LogP contribution in [-0.4, -0.2) is 118 Å². The minimum absolute atomic E-state index is 0.00886. The van der Waals surface area contributed by atoms with Gasteiger partial charge in [0.1, 0.15) is 88.4 Å². The number of rotatable bonds is 9. The molecule has 10 bridgehead atoms. The summed E-state index contributed by atoms with van der Waals surface area (Å²) in [6.45, 7) is 5.44. The SMILES string of the molecule is Cc1sc2nc1C(=O)NC(C(C)C)c1nc(cs1)C(=O)NCC(=O)NC(C(O)c1ccccc1)c1nc(cs1)-c1nc(cs1)-c1nc(-c3nc(C4NC(C(=O)N5CCCC5C(N)=O)CO4)cs3)ccc1-c1nc(cs1)C(=O)NC2CC(N)=O. The maximum atomic E-state index is 14.2. The molecule has 2 saturated heterocycles. The van der Waals surface area contributed by atoms with Gasteiger partial charge in [-0.2, -0.15) is 0 Å². The number of aliphatic hydroxyl groups excluding tert-OH is 1. The maximum absolute atomic E-state index is 14.2. The van der Waals surface area contributed by atoms with Crippen molar-refractivity contribution < 1.29 is 43.4 Å². The smallest absolute Gasteiger partial charge is 0.271 e. The summed E-state index contributed by atoms with van der Waals surface area (Å²) in [5, 5.41) is 37.2. The molecule has 10 heterocycles. The van der Waals surface area contributed by atoms with Crippen molar-refractivity contribution >= 4 is 109 Å². The molecule has 7 amide bonds. The molecule has 24 nitrogen and oxygen atoms in total. The summed E-state index contributed by atoms with van der Waals surface area (Å²) in [6, 6.07) is 8.16. The van der Waals surface area contributed by atoms with Gasteiger partial charge in [0.25, 0.3) is 17.7 Å². The van der Waals surface area contributed by atoms with E-state index in [0.717, 1.165) is 22.7 Å². The number of nitrogens with zero attached hydrogens (tertiary/aromatic N) is 8. The molecule has 8 aromatic rings. The van der Waals surface area contributed by atoms with Crippen molar-refractivity contribution in [3.8, 4) is 43.4 Å². The molecule has 2 fully saturated rings. The summed E-state index contributed by atoms with van der Waals surface area (Å²) < 4.78 is 6.02. The molecule has 3 aliphatic rings. The van der Waals surface area contributed by atoms with Gasteiger partial charge in [-0.05, 0) is 43.4 Å². The average molecular weight is 1230 g/mol. The van der Waals surface area contributed by atoms with E-state index in [1.165, 1.54) is 55.6 Å². The van der Waals surface area contributed by atoms with E-state index in [9.17, 15) is 38.7 Å². The molecule has 7 atom stereocenters. The van der Waals surface area contributed by atoms with Gasteiger partial charge in [-0.3, -0.25) is 38.9 Å². The zero-order chi connectivity index (χ0) is 58.2. The van der Waals surface area contributed by atoms with Crippen molar-refractivity contribution in [1.29, 1.82) is 0 Å². The Kier molecular flexibility index (Phi) is 16.7. The van der Waals surface area contributed by atoms with Crippen molar-refractivity contribution in [1.82, 2.24) is 66.4 Å². The topological polar surface area (TPSA) is 355 Å². The van der Waals surface area contributed by atoms with Gasteiger partial charge in [0, 0.05) is 43.9 Å². The lowest BCUT2D eigenvalue weighted by molar-refractivity contribution is -0.138. The average Bonchev–Trinajstić information content (AvgIpc) is 4.29. The standard InChI is InChI=1S/C53H51N15O9S6/c1-22(2)37-51-62-30(18-81-51)43(73)56-15-36(70)65-40(41(71)24-8-5-4-6-9-24)52-64-33(21-82-52)49-60-29(17-79-49)39-25(47-61-31(19-78-47)44(74)58-27(14-35(54)69)50-67-38(23(3)83-50)45(75)66-37)11-12-26(57-39)48-63-32(20-80-48)46-59-28(16-77-46)53(76)68-13-7-10-34(68)42(55)72/h4-6,8-9,11-12,17-22,27-28,34,37,40-41,46,59,71H,7,10,13-16H2,1-3H3,(H2,54,69)(H2,55,72)(H,56,73)(H,58,74)(H,65,70)(H,66,75). The van der Waals surface area contributed by atoms with Gasteiger partial charge in [0.05, 0.1) is 43.0 Å². The number of pyridine rings is 1. The molecule has 1 aromatic carbocycles. The molecule has 10 N–H and O–H groups in total. The van der Waals surface area contributed by atoms with Gasteiger partial charge in [-0.15, -0.1) is 68.0 Å². The summed E-state index contributed by atoms with van der Waals surface area (Å²) >= 11 is 7.19. The quantitative estimate of drug-likeness (QED) is 0.0900. The highest BCUT2D eigenvalue weighted by molar-refractivity contribution is 7.15. The lowest BCUT2D eigenvalue weighted by Gasteiger charge is -2.24. The molecular formula is C53H51N15O9S6. The third-order valence-electron chi connectivity index (χ3n) is 13.8. The fraction of sp³-hybridized carbons (Fsp3) is 0.321. The summed E-state index contributed by atoms with van der Waals surface area (Å²) in [7, 11) is 0. The molecule has 11 rings (SSSR count). The van der Waals surface area contributed by atoms with E-state index >= 15 is 0 Å².